The fourth-order valence-electron chi connectivity index (χ4n) is 2.85. The summed E-state index contributed by atoms with van der Waals surface area (Å²) in [6.45, 7) is 8.10. The van der Waals surface area contributed by atoms with Crippen LogP contribution in [-0.2, 0) is 22.5 Å². The Kier molecular flexibility index (Phi) is 7.02. The summed E-state index contributed by atoms with van der Waals surface area (Å²) in [7, 11) is 1.67. The Bertz CT molecular complexity index is 725. The third kappa shape index (κ3) is 5.07. The van der Waals surface area contributed by atoms with Crippen molar-refractivity contribution in [3.05, 3.63) is 53.1 Å². The van der Waals surface area contributed by atoms with E-state index in [4.69, 9.17) is 9.47 Å². The van der Waals surface area contributed by atoms with Gasteiger partial charge in [-0.15, -0.1) is 0 Å². The van der Waals surface area contributed by atoms with Crippen LogP contribution in [0.2, 0.25) is 0 Å². The maximum atomic E-state index is 11.8. The molecule has 2 aromatic rings. The Labute approximate surface area is 150 Å². The lowest BCUT2D eigenvalue weighted by molar-refractivity contribution is -0.142. The van der Waals surface area contributed by atoms with E-state index < -0.39 is 0 Å². The number of carbonyl (C=O) groups is 1. The van der Waals surface area contributed by atoms with Gasteiger partial charge in [0, 0.05) is 12.1 Å². The van der Waals surface area contributed by atoms with Crippen molar-refractivity contribution >= 4 is 5.97 Å². The number of nitrogens with one attached hydrogen (secondary N) is 1. The van der Waals surface area contributed by atoms with E-state index in [0.717, 1.165) is 35.5 Å². The van der Waals surface area contributed by atoms with Crippen molar-refractivity contribution in [1.82, 2.24) is 5.32 Å². The molecule has 25 heavy (non-hydrogen) atoms. The molecule has 0 amide bonds. The number of rotatable bonds is 8. The van der Waals surface area contributed by atoms with Crippen molar-refractivity contribution in [3.63, 3.8) is 0 Å². The molecule has 0 bridgehead atoms. The normalized spacial score (nSPS) is 10.6. The number of hydrogen-bond acceptors (Lipinski definition) is 4. The van der Waals surface area contributed by atoms with Crippen LogP contribution in [-0.4, -0.2) is 26.2 Å². The molecule has 4 heteroatoms. The third-order valence-corrected chi connectivity index (χ3v) is 4.03. The average molecular weight is 341 g/mol. The first-order valence-electron chi connectivity index (χ1n) is 8.72. The van der Waals surface area contributed by atoms with Gasteiger partial charge in [0.1, 0.15) is 5.75 Å². The molecule has 2 rings (SSSR count). The van der Waals surface area contributed by atoms with Crippen LogP contribution in [0.25, 0.3) is 11.1 Å². The number of esters is 1. The van der Waals surface area contributed by atoms with Gasteiger partial charge in [0.15, 0.2) is 0 Å². The number of benzene rings is 2. The fourth-order valence-corrected chi connectivity index (χ4v) is 2.85. The smallest absolute Gasteiger partial charge is 0.310 e. The Morgan fingerprint density at radius 3 is 2.56 bits per heavy atom. The molecule has 2 aromatic carbocycles. The van der Waals surface area contributed by atoms with E-state index in [2.05, 4.69) is 37.4 Å². The summed E-state index contributed by atoms with van der Waals surface area (Å²) < 4.78 is 10.6. The van der Waals surface area contributed by atoms with Crippen molar-refractivity contribution in [2.75, 3.05) is 20.3 Å². The second kappa shape index (κ2) is 9.23. The summed E-state index contributed by atoms with van der Waals surface area (Å²) in [5.41, 5.74) is 5.47. The highest BCUT2D eigenvalue weighted by molar-refractivity contribution is 5.77. The minimum Gasteiger partial charge on any atom is -0.496 e. The predicted octanol–water partition coefficient (Wildman–Crippen LogP) is 3.89. The second-order valence-corrected chi connectivity index (χ2v) is 5.96. The minimum atomic E-state index is -0.213. The lowest BCUT2D eigenvalue weighted by Gasteiger charge is -2.16. The molecule has 0 radical (unpaired) electrons. The van der Waals surface area contributed by atoms with Crippen LogP contribution < -0.4 is 10.1 Å². The number of hydrogen-bond donors (Lipinski definition) is 1. The van der Waals surface area contributed by atoms with E-state index in [1.807, 2.05) is 25.1 Å². The van der Waals surface area contributed by atoms with Gasteiger partial charge in [-0.25, -0.2) is 0 Å². The molecule has 0 saturated carbocycles. The summed E-state index contributed by atoms with van der Waals surface area (Å²) in [4.78, 5) is 11.8. The monoisotopic (exact) mass is 341 g/mol. The predicted molar refractivity (Wildman–Crippen MR) is 101 cm³/mol. The van der Waals surface area contributed by atoms with E-state index in [0.29, 0.717) is 6.61 Å². The zero-order chi connectivity index (χ0) is 18.2. The highest BCUT2D eigenvalue weighted by Gasteiger charge is 2.13. The molecule has 0 unspecified atom stereocenters. The molecular weight excluding hydrogens is 314 g/mol. The molecule has 0 fully saturated rings. The first-order chi connectivity index (χ1) is 12.1. The Hall–Kier alpha value is -2.33. The van der Waals surface area contributed by atoms with Gasteiger partial charge < -0.3 is 14.8 Å². The SMILES string of the molecule is CCNCc1cc(C)ccc1-c1cc(CC(=O)OCC)ccc1OC. The van der Waals surface area contributed by atoms with Crippen LogP contribution in [0, 0.1) is 6.92 Å². The molecule has 0 aromatic heterocycles. The van der Waals surface area contributed by atoms with Crippen LogP contribution in [0.1, 0.15) is 30.5 Å². The van der Waals surface area contributed by atoms with Gasteiger partial charge in [0.25, 0.3) is 0 Å². The number of carbonyl (C=O) groups excluding carboxylic acids is 1. The van der Waals surface area contributed by atoms with Gasteiger partial charge in [-0.1, -0.05) is 36.8 Å². The van der Waals surface area contributed by atoms with E-state index in [9.17, 15) is 4.79 Å². The molecule has 134 valence electrons. The molecule has 0 aliphatic rings. The van der Waals surface area contributed by atoms with E-state index in [1.54, 1.807) is 7.11 Å². The van der Waals surface area contributed by atoms with Crippen LogP contribution in [0.4, 0.5) is 0 Å². The average Bonchev–Trinajstić information content (AvgIpc) is 2.60. The molecule has 0 saturated heterocycles. The summed E-state index contributed by atoms with van der Waals surface area (Å²) >= 11 is 0. The van der Waals surface area contributed by atoms with Crippen LogP contribution in [0.5, 0.6) is 5.75 Å². The highest BCUT2D eigenvalue weighted by atomic mass is 16.5. The molecule has 0 aliphatic heterocycles. The minimum absolute atomic E-state index is 0.213. The van der Waals surface area contributed by atoms with Crippen molar-refractivity contribution < 1.29 is 14.3 Å². The van der Waals surface area contributed by atoms with Gasteiger partial charge in [0.2, 0.25) is 0 Å². The molecular formula is C21H27NO3. The van der Waals surface area contributed by atoms with E-state index >= 15 is 0 Å². The fraction of sp³-hybridized carbons (Fsp3) is 0.381. The summed E-state index contributed by atoms with van der Waals surface area (Å²) in [6, 6.07) is 12.3. The van der Waals surface area contributed by atoms with Crippen LogP contribution >= 0.6 is 0 Å². The summed E-state index contributed by atoms with van der Waals surface area (Å²) in [6.07, 6.45) is 0.263. The van der Waals surface area contributed by atoms with Crippen molar-refractivity contribution in [2.24, 2.45) is 0 Å². The van der Waals surface area contributed by atoms with Crippen molar-refractivity contribution in [2.45, 2.75) is 33.7 Å². The van der Waals surface area contributed by atoms with Gasteiger partial charge in [-0.3, -0.25) is 4.79 Å². The number of ether oxygens (including phenoxy) is 2. The zero-order valence-corrected chi connectivity index (χ0v) is 15.5. The summed E-state index contributed by atoms with van der Waals surface area (Å²) in [5, 5.41) is 3.39. The number of methoxy groups -OCH3 is 1. The lowest BCUT2D eigenvalue weighted by atomic mass is 9.95. The standard InChI is InChI=1S/C21H27NO3/c1-5-22-14-17-11-15(3)7-9-18(17)19-12-16(8-10-20(19)24-4)13-21(23)25-6-2/h7-12,22H,5-6,13-14H2,1-4H3. The van der Waals surface area contributed by atoms with Crippen LogP contribution in [0.15, 0.2) is 36.4 Å². The topological polar surface area (TPSA) is 47.6 Å². The van der Waals surface area contributed by atoms with Crippen molar-refractivity contribution in [3.8, 4) is 16.9 Å². The van der Waals surface area contributed by atoms with Gasteiger partial charge in [0.05, 0.1) is 20.1 Å². The largest absolute Gasteiger partial charge is 0.496 e. The first kappa shape index (κ1) is 19.0. The van der Waals surface area contributed by atoms with E-state index in [-0.39, 0.29) is 12.4 Å². The zero-order valence-electron chi connectivity index (χ0n) is 15.5. The third-order valence-electron chi connectivity index (χ3n) is 4.03. The highest BCUT2D eigenvalue weighted by Crippen LogP contribution is 2.34. The maximum Gasteiger partial charge on any atom is 0.310 e. The number of aryl methyl sites for hydroxylation is 1. The Morgan fingerprint density at radius 1 is 1.08 bits per heavy atom. The molecule has 0 atom stereocenters. The molecule has 1 N–H and O–H groups in total. The lowest BCUT2D eigenvalue weighted by Crippen LogP contribution is -2.13. The Balaban J connectivity index is 2.44. The van der Waals surface area contributed by atoms with Gasteiger partial charge >= 0.3 is 5.97 Å². The van der Waals surface area contributed by atoms with Gasteiger partial charge in [-0.05, 0) is 49.2 Å². The summed E-state index contributed by atoms with van der Waals surface area (Å²) in [5.74, 6) is 0.588. The molecule has 0 heterocycles. The Morgan fingerprint density at radius 2 is 1.88 bits per heavy atom. The molecule has 0 aliphatic carbocycles. The second-order valence-electron chi connectivity index (χ2n) is 5.96. The quantitative estimate of drug-likeness (QED) is 0.740. The molecule has 4 nitrogen and oxygen atoms in total. The van der Waals surface area contributed by atoms with Gasteiger partial charge in [-0.2, -0.15) is 0 Å². The van der Waals surface area contributed by atoms with E-state index in [1.165, 1.54) is 11.1 Å². The van der Waals surface area contributed by atoms with Crippen molar-refractivity contribution in [1.29, 1.82) is 0 Å². The maximum absolute atomic E-state index is 11.8. The molecule has 0 spiro atoms. The first-order valence-corrected chi connectivity index (χ1v) is 8.72. The van der Waals surface area contributed by atoms with Crippen LogP contribution in [0.3, 0.4) is 0 Å².